The molecule has 0 aliphatic heterocycles. The maximum absolute atomic E-state index is 11.5. The van der Waals surface area contributed by atoms with E-state index in [1.165, 1.54) is 0 Å². The molecule has 0 aliphatic rings. The van der Waals surface area contributed by atoms with Crippen molar-refractivity contribution >= 4 is 17.9 Å². The van der Waals surface area contributed by atoms with E-state index in [0.717, 1.165) is 44.0 Å². The van der Waals surface area contributed by atoms with Gasteiger partial charge in [0.25, 0.3) is 0 Å². The molecule has 1 aromatic carbocycles. The van der Waals surface area contributed by atoms with Gasteiger partial charge < -0.3 is 9.53 Å². The second kappa shape index (κ2) is 10.6. The lowest BCUT2D eigenvalue weighted by atomic mass is 9.77. The molecule has 22 heavy (non-hydrogen) atoms. The van der Waals surface area contributed by atoms with Crippen molar-refractivity contribution in [3.8, 4) is 0 Å². The van der Waals surface area contributed by atoms with Gasteiger partial charge in [0, 0.05) is 11.3 Å². The van der Waals surface area contributed by atoms with E-state index in [2.05, 4.69) is 13.5 Å². The number of hydrogen-bond acceptors (Lipinski definition) is 2. The van der Waals surface area contributed by atoms with Gasteiger partial charge in [0.05, 0.1) is 12.7 Å². The molecule has 0 spiro atoms. The summed E-state index contributed by atoms with van der Waals surface area (Å²) in [5.41, 5.74) is 0.875. The number of benzene rings is 1. The summed E-state index contributed by atoms with van der Waals surface area (Å²) in [7, 11) is 0. The predicted octanol–water partition coefficient (Wildman–Crippen LogP) is 5.15. The van der Waals surface area contributed by atoms with Crippen LogP contribution in [0.15, 0.2) is 43.0 Å². The largest absolute Gasteiger partial charge is 0.369 e. The third kappa shape index (κ3) is 6.33. The normalized spacial score (nSPS) is 15.0. The lowest BCUT2D eigenvalue weighted by Crippen LogP contribution is -2.24. The Kier molecular flexibility index (Phi) is 9.10. The summed E-state index contributed by atoms with van der Waals surface area (Å²) in [5, 5.41) is 0. The van der Waals surface area contributed by atoms with Crippen LogP contribution in [0.1, 0.15) is 44.6 Å². The summed E-state index contributed by atoms with van der Waals surface area (Å²) < 4.78 is 5.91. The van der Waals surface area contributed by atoms with Crippen molar-refractivity contribution in [1.82, 2.24) is 0 Å². The van der Waals surface area contributed by atoms with E-state index in [-0.39, 0.29) is 11.5 Å². The highest BCUT2D eigenvalue weighted by molar-refractivity contribution is 6.17. The van der Waals surface area contributed by atoms with Gasteiger partial charge >= 0.3 is 0 Å². The zero-order valence-electron chi connectivity index (χ0n) is 13.5. The van der Waals surface area contributed by atoms with E-state index < -0.39 is 0 Å². The number of carbonyl (C=O) groups is 1. The van der Waals surface area contributed by atoms with Crippen LogP contribution in [0.2, 0.25) is 0 Å². The molecule has 1 rings (SSSR count). The molecular formula is C19H27ClO2. The van der Waals surface area contributed by atoms with Crippen molar-refractivity contribution in [2.45, 2.75) is 51.7 Å². The molecule has 1 aromatic rings. The maximum Gasteiger partial charge on any atom is 0.126 e. The first-order valence-electron chi connectivity index (χ1n) is 8.00. The van der Waals surface area contributed by atoms with Crippen LogP contribution >= 0.6 is 11.6 Å². The van der Waals surface area contributed by atoms with Gasteiger partial charge in [-0.1, -0.05) is 43.3 Å². The van der Waals surface area contributed by atoms with Crippen LogP contribution in [0.4, 0.5) is 0 Å². The van der Waals surface area contributed by atoms with Crippen molar-refractivity contribution in [1.29, 1.82) is 0 Å². The molecule has 0 saturated heterocycles. The number of halogens is 1. The number of carbonyl (C=O) groups excluding carboxylic acids is 1. The Morgan fingerprint density at radius 3 is 2.59 bits per heavy atom. The summed E-state index contributed by atoms with van der Waals surface area (Å²) in [4.78, 5) is 11.5. The van der Waals surface area contributed by atoms with Gasteiger partial charge in [-0.15, -0.1) is 18.2 Å². The van der Waals surface area contributed by atoms with Gasteiger partial charge in [-0.3, -0.25) is 0 Å². The highest BCUT2D eigenvalue weighted by atomic mass is 35.5. The number of ether oxygens (including phenoxy) is 1. The van der Waals surface area contributed by atoms with Crippen molar-refractivity contribution in [3.05, 3.63) is 48.6 Å². The predicted molar refractivity (Wildman–Crippen MR) is 93.2 cm³/mol. The first-order valence-corrected chi connectivity index (χ1v) is 8.53. The number of rotatable bonds is 12. The Bertz CT molecular complexity index is 432. The molecule has 0 heterocycles. The van der Waals surface area contributed by atoms with Crippen LogP contribution in [0.5, 0.6) is 0 Å². The molecule has 0 amide bonds. The summed E-state index contributed by atoms with van der Waals surface area (Å²) in [6.07, 6.45) is 7.10. The highest BCUT2D eigenvalue weighted by Gasteiger charge is 2.27. The summed E-state index contributed by atoms with van der Waals surface area (Å²) in [6, 6.07) is 10.1. The van der Waals surface area contributed by atoms with Crippen LogP contribution in [0, 0.1) is 5.41 Å². The van der Waals surface area contributed by atoms with Gasteiger partial charge in [0.15, 0.2) is 0 Å². The molecule has 0 aliphatic carbocycles. The van der Waals surface area contributed by atoms with Gasteiger partial charge in [-0.25, -0.2) is 0 Å². The topological polar surface area (TPSA) is 26.3 Å². The number of hydrogen-bond donors (Lipinski definition) is 0. The van der Waals surface area contributed by atoms with Gasteiger partial charge in [0.2, 0.25) is 0 Å². The quantitative estimate of drug-likeness (QED) is 0.302. The summed E-state index contributed by atoms with van der Waals surface area (Å²) in [6.45, 7) is 6.49. The standard InChI is InChI=1S/C19H27ClO2/c1-3-18(22-15-17-9-6-5-7-10-17)11-13-19(4-2,16-21)12-8-14-20/h3,5-7,9-10,16,18H,1,4,8,11-15H2,2H3. The van der Waals surface area contributed by atoms with Gasteiger partial charge in [0.1, 0.15) is 6.29 Å². The molecule has 0 N–H and O–H groups in total. The summed E-state index contributed by atoms with van der Waals surface area (Å²) >= 11 is 5.77. The van der Waals surface area contributed by atoms with Crippen LogP contribution in [0.3, 0.4) is 0 Å². The van der Waals surface area contributed by atoms with Gasteiger partial charge in [-0.2, -0.15) is 0 Å². The maximum atomic E-state index is 11.5. The zero-order chi connectivity index (χ0) is 16.3. The molecule has 0 bridgehead atoms. The van der Waals surface area contributed by atoms with Crippen LogP contribution in [0.25, 0.3) is 0 Å². The van der Waals surface area contributed by atoms with E-state index >= 15 is 0 Å². The van der Waals surface area contributed by atoms with Crippen molar-refractivity contribution in [3.63, 3.8) is 0 Å². The lowest BCUT2D eigenvalue weighted by Gasteiger charge is -2.28. The van der Waals surface area contributed by atoms with Crippen LogP contribution in [-0.2, 0) is 16.1 Å². The van der Waals surface area contributed by atoms with Crippen LogP contribution in [-0.4, -0.2) is 18.3 Å². The van der Waals surface area contributed by atoms with E-state index in [4.69, 9.17) is 16.3 Å². The van der Waals surface area contributed by atoms with E-state index in [1.54, 1.807) is 0 Å². The molecule has 0 fully saturated rings. The minimum atomic E-state index is -0.272. The molecule has 0 saturated carbocycles. The third-order valence-electron chi connectivity index (χ3n) is 4.26. The van der Waals surface area contributed by atoms with E-state index in [0.29, 0.717) is 12.5 Å². The molecule has 2 atom stereocenters. The fourth-order valence-electron chi connectivity index (χ4n) is 2.58. The van der Waals surface area contributed by atoms with E-state index in [1.807, 2.05) is 36.4 Å². The fourth-order valence-corrected chi connectivity index (χ4v) is 2.71. The molecule has 0 aromatic heterocycles. The smallest absolute Gasteiger partial charge is 0.126 e. The zero-order valence-corrected chi connectivity index (χ0v) is 14.2. The summed E-state index contributed by atoms with van der Waals surface area (Å²) in [5.74, 6) is 0.602. The highest BCUT2D eigenvalue weighted by Crippen LogP contribution is 2.32. The minimum absolute atomic E-state index is 0.0258. The Hall–Kier alpha value is -1.12. The molecule has 2 unspecified atom stereocenters. The Labute approximate surface area is 139 Å². The molecule has 3 heteroatoms. The Morgan fingerprint density at radius 1 is 1.32 bits per heavy atom. The molecular weight excluding hydrogens is 296 g/mol. The third-order valence-corrected chi connectivity index (χ3v) is 4.53. The lowest BCUT2D eigenvalue weighted by molar-refractivity contribution is -0.117. The monoisotopic (exact) mass is 322 g/mol. The van der Waals surface area contributed by atoms with Gasteiger partial charge in [-0.05, 0) is 37.7 Å². The first kappa shape index (κ1) is 18.9. The van der Waals surface area contributed by atoms with E-state index in [9.17, 15) is 4.79 Å². The minimum Gasteiger partial charge on any atom is -0.369 e. The second-order valence-electron chi connectivity index (χ2n) is 5.74. The SMILES string of the molecule is C=CC(CCC(C=O)(CC)CCCCl)OCc1ccccc1. The second-order valence-corrected chi connectivity index (χ2v) is 6.11. The Morgan fingerprint density at radius 2 is 2.05 bits per heavy atom. The molecule has 122 valence electrons. The molecule has 0 radical (unpaired) electrons. The van der Waals surface area contributed by atoms with Crippen molar-refractivity contribution < 1.29 is 9.53 Å². The Balaban J connectivity index is 2.50. The average molecular weight is 323 g/mol. The fraction of sp³-hybridized carbons (Fsp3) is 0.526. The molecule has 2 nitrogen and oxygen atoms in total. The van der Waals surface area contributed by atoms with Crippen molar-refractivity contribution in [2.75, 3.05) is 5.88 Å². The van der Waals surface area contributed by atoms with Crippen molar-refractivity contribution in [2.24, 2.45) is 5.41 Å². The average Bonchev–Trinajstić information content (AvgIpc) is 2.59. The van der Waals surface area contributed by atoms with Crippen LogP contribution < -0.4 is 0 Å². The number of alkyl halides is 1. The number of aldehydes is 1. The first-order chi connectivity index (χ1) is 10.7.